The van der Waals surface area contributed by atoms with Gasteiger partial charge in [0, 0.05) is 28.7 Å². The van der Waals surface area contributed by atoms with E-state index in [1.54, 1.807) is 6.92 Å². The van der Waals surface area contributed by atoms with Crippen molar-refractivity contribution in [2.45, 2.75) is 40.5 Å². The number of hydrogen-bond acceptors (Lipinski definition) is 5. The standard InChI is InChI=1S/C23H26N4O/c1-5-17-8-7-9-18(6-2)22(17)27-23-24-15(3)14-21(26-23)25-20-12-10-19(11-13-20)16(4)28/h7-14H,5-6H2,1-4H3,(H2,24,25,26,27). The molecule has 0 amide bonds. The molecule has 0 saturated heterocycles. The lowest BCUT2D eigenvalue weighted by atomic mass is 10.0. The summed E-state index contributed by atoms with van der Waals surface area (Å²) >= 11 is 0. The number of para-hydroxylation sites is 1. The molecule has 0 spiro atoms. The average molecular weight is 374 g/mol. The molecular formula is C23H26N4O. The van der Waals surface area contributed by atoms with Crippen LogP contribution in [0.4, 0.5) is 23.1 Å². The zero-order valence-corrected chi connectivity index (χ0v) is 16.8. The monoisotopic (exact) mass is 374 g/mol. The molecule has 2 N–H and O–H groups in total. The van der Waals surface area contributed by atoms with Crippen molar-refractivity contribution in [1.82, 2.24) is 9.97 Å². The zero-order chi connectivity index (χ0) is 20.1. The van der Waals surface area contributed by atoms with Crippen LogP contribution in [0.5, 0.6) is 0 Å². The molecule has 1 aromatic heterocycles. The van der Waals surface area contributed by atoms with Crippen molar-refractivity contribution in [3.63, 3.8) is 0 Å². The molecule has 0 radical (unpaired) electrons. The fourth-order valence-corrected chi connectivity index (χ4v) is 3.14. The van der Waals surface area contributed by atoms with Gasteiger partial charge in [0.15, 0.2) is 5.78 Å². The van der Waals surface area contributed by atoms with Crippen LogP contribution in [0.15, 0.2) is 48.5 Å². The Bertz CT molecular complexity index is 958. The lowest BCUT2D eigenvalue weighted by molar-refractivity contribution is 0.101. The first-order valence-corrected chi connectivity index (χ1v) is 9.61. The number of carbonyl (C=O) groups is 1. The molecule has 3 rings (SSSR count). The lowest BCUT2D eigenvalue weighted by Gasteiger charge is -2.15. The van der Waals surface area contributed by atoms with Crippen LogP contribution in [-0.4, -0.2) is 15.8 Å². The Morgan fingerprint density at radius 3 is 2.14 bits per heavy atom. The Morgan fingerprint density at radius 2 is 1.57 bits per heavy atom. The van der Waals surface area contributed by atoms with Gasteiger partial charge < -0.3 is 10.6 Å². The molecule has 0 aliphatic heterocycles. The van der Waals surface area contributed by atoms with Gasteiger partial charge in [-0.25, -0.2) is 4.98 Å². The first-order chi connectivity index (χ1) is 13.5. The third kappa shape index (κ3) is 4.55. The van der Waals surface area contributed by atoms with E-state index in [9.17, 15) is 4.79 Å². The highest BCUT2D eigenvalue weighted by Gasteiger charge is 2.10. The van der Waals surface area contributed by atoms with E-state index in [0.717, 1.165) is 29.9 Å². The Hall–Kier alpha value is -3.21. The van der Waals surface area contributed by atoms with Gasteiger partial charge in [-0.05, 0) is 62.1 Å². The van der Waals surface area contributed by atoms with Crippen molar-refractivity contribution in [3.05, 3.63) is 70.9 Å². The van der Waals surface area contributed by atoms with Crippen LogP contribution in [0.1, 0.15) is 48.0 Å². The molecule has 0 atom stereocenters. The predicted molar refractivity (Wildman–Crippen MR) is 115 cm³/mol. The van der Waals surface area contributed by atoms with Crippen molar-refractivity contribution in [1.29, 1.82) is 0 Å². The molecule has 0 unspecified atom stereocenters. The van der Waals surface area contributed by atoms with Gasteiger partial charge in [0.25, 0.3) is 0 Å². The number of benzene rings is 2. The SMILES string of the molecule is CCc1cccc(CC)c1Nc1nc(C)cc(Nc2ccc(C(C)=O)cc2)n1. The predicted octanol–water partition coefficient (Wildman–Crippen LogP) is 5.60. The van der Waals surface area contributed by atoms with Crippen LogP contribution >= 0.6 is 0 Å². The van der Waals surface area contributed by atoms with Gasteiger partial charge in [-0.2, -0.15) is 4.98 Å². The molecule has 5 heteroatoms. The van der Waals surface area contributed by atoms with Crippen molar-refractivity contribution in [2.75, 3.05) is 10.6 Å². The number of aromatic nitrogens is 2. The summed E-state index contributed by atoms with van der Waals surface area (Å²) < 4.78 is 0. The second kappa shape index (κ2) is 8.65. The summed E-state index contributed by atoms with van der Waals surface area (Å²) in [7, 11) is 0. The minimum Gasteiger partial charge on any atom is -0.340 e. The lowest BCUT2D eigenvalue weighted by Crippen LogP contribution is -2.06. The van der Waals surface area contributed by atoms with E-state index in [1.165, 1.54) is 11.1 Å². The molecule has 3 aromatic rings. The maximum Gasteiger partial charge on any atom is 0.229 e. The number of rotatable bonds is 7. The van der Waals surface area contributed by atoms with Gasteiger partial charge in [0.2, 0.25) is 5.95 Å². The largest absolute Gasteiger partial charge is 0.340 e. The average Bonchev–Trinajstić information content (AvgIpc) is 2.68. The van der Waals surface area contributed by atoms with Crippen LogP contribution in [0.3, 0.4) is 0 Å². The molecule has 2 aromatic carbocycles. The molecule has 0 fully saturated rings. The molecular weight excluding hydrogens is 348 g/mol. The Labute approximate surface area is 166 Å². The molecule has 28 heavy (non-hydrogen) atoms. The van der Waals surface area contributed by atoms with Crippen LogP contribution in [0.25, 0.3) is 0 Å². The van der Waals surface area contributed by atoms with Crippen molar-refractivity contribution in [3.8, 4) is 0 Å². The number of nitrogens with zero attached hydrogens (tertiary/aromatic N) is 2. The summed E-state index contributed by atoms with van der Waals surface area (Å²) in [4.78, 5) is 20.6. The van der Waals surface area contributed by atoms with Crippen LogP contribution in [0, 0.1) is 6.92 Å². The minimum absolute atomic E-state index is 0.0530. The summed E-state index contributed by atoms with van der Waals surface area (Å²) in [5.41, 5.74) is 6.02. The number of anilines is 4. The zero-order valence-electron chi connectivity index (χ0n) is 16.8. The number of hydrogen-bond donors (Lipinski definition) is 2. The number of carbonyl (C=O) groups excluding carboxylic acids is 1. The van der Waals surface area contributed by atoms with Crippen LogP contribution < -0.4 is 10.6 Å². The number of ketones is 1. The fourth-order valence-electron chi connectivity index (χ4n) is 3.14. The third-order valence-electron chi connectivity index (χ3n) is 4.65. The first kappa shape index (κ1) is 19.5. The molecule has 0 aliphatic carbocycles. The quantitative estimate of drug-likeness (QED) is 0.527. The number of nitrogens with one attached hydrogen (secondary N) is 2. The summed E-state index contributed by atoms with van der Waals surface area (Å²) in [5, 5.41) is 6.72. The summed E-state index contributed by atoms with van der Waals surface area (Å²) in [6.07, 6.45) is 1.88. The van der Waals surface area contributed by atoms with E-state index in [1.807, 2.05) is 37.3 Å². The minimum atomic E-state index is 0.0530. The van der Waals surface area contributed by atoms with E-state index >= 15 is 0 Å². The summed E-state index contributed by atoms with van der Waals surface area (Å²) in [5.74, 6) is 1.33. The highest BCUT2D eigenvalue weighted by Crippen LogP contribution is 2.26. The molecule has 0 saturated carbocycles. The topological polar surface area (TPSA) is 66.9 Å². The van der Waals surface area contributed by atoms with Gasteiger partial charge in [0.1, 0.15) is 5.82 Å². The third-order valence-corrected chi connectivity index (χ3v) is 4.65. The van der Waals surface area contributed by atoms with Crippen molar-refractivity contribution >= 4 is 28.9 Å². The van der Waals surface area contributed by atoms with Crippen LogP contribution in [0.2, 0.25) is 0 Å². The maximum absolute atomic E-state index is 11.4. The number of Topliss-reactive ketones (excluding diaryl/α,β-unsaturated/α-hetero) is 1. The highest BCUT2D eigenvalue weighted by atomic mass is 16.1. The normalized spacial score (nSPS) is 10.6. The Morgan fingerprint density at radius 1 is 0.929 bits per heavy atom. The van der Waals surface area contributed by atoms with Gasteiger partial charge in [-0.1, -0.05) is 32.0 Å². The molecule has 0 bridgehead atoms. The van der Waals surface area contributed by atoms with Crippen molar-refractivity contribution < 1.29 is 4.79 Å². The smallest absolute Gasteiger partial charge is 0.229 e. The van der Waals surface area contributed by atoms with E-state index in [-0.39, 0.29) is 5.78 Å². The van der Waals surface area contributed by atoms with Gasteiger partial charge in [-0.3, -0.25) is 4.79 Å². The second-order valence-corrected chi connectivity index (χ2v) is 6.76. The molecule has 144 valence electrons. The van der Waals surface area contributed by atoms with Gasteiger partial charge in [-0.15, -0.1) is 0 Å². The van der Waals surface area contributed by atoms with E-state index in [0.29, 0.717) is 17.3 Å². The second-order valence-electron chi connectivity index (χ2n) is 6.76. The van der Waals surface area contributed by atoms with Gasteiger partial charge in [0.05, 0.1) is 0 Å². The Balaban J connectivity index is 1.87. The summed E-state index contributed by atoms with van der Waals surface area (Å²) in [6, 6.07) is 15.6. The van der Waals surface area contributed by atoms with Gasteiger partial charge >= 0.3 is 0 Å². The fraction of sp³-hybridized carbons (Fsp3) is 0.261. The molecule has 1 heterocycles. The Kier molecular flexibility index (Phi) is 6.04. The van der Waals surface area contributed by atoms with E-state index in [2.05, 4.69) is 52.6 Å². The first-order valence-electron chi connectivity index (χ1n) is 9.61. The maximum atomic E-state index is 11.4. The van der Waals surface area contributed by atoms with E-state index < -0.39 is 0 Å². The summed E-state index contributed by atoms with van der Waals surface area (Å²) in [6.45, 7) is 7.81. The molecule has 5 nitrogen and oxygen atoms in total. The van der Waals surface area contributed by atoms with Crippen molar-refractivity contribution in [2.24, 2.45) is 0 Å². The number of aryl methyl sites for hydroxylation is 3. The highest BCUT2D eigenvalue weighted by molar-refractivity contribution is 5.94. The van der Waals surface area contributed by atoms with Crippen LogP contribution in [-0.2, 0) is 12.8 Å². The van der Waals surface area contributed by atoms with E-state index in [4.69, 9.17) is 0 Å². The molecule has 0 aliphatic rings.